The number of benzene rings is 1. The van der Waals surface area contributed by atoms with Crippen LogP contribution in [-0.4, -0.2) is 18.7 Å². The van der Waals surface area contributed by atoms with E-state index in [1.807, 2.05) is 0 Å². The second kappa shape index (κ2) is 7.13. The van der Waals surface area contributed by atoms with Gasteiger partial charge in [0, 0.05) is 0 Å². The van der Waals surface area contributed by atoms with Gasteiger partial charge in [-0.25, -0.2) is 0 Å². The highest BCUT2D eigenvalue weighted by atomic mass is 79.9. The molecular formula is C11H12BrF3O2S. The van der Waals surface area contributed by atoms with Crippen LogP contribution < -0.4 is 9.47 Å². The molecule has 18 heavy (non-hydrogen) atoms. The Morgan fingerprint density at radius 3 is 2.50 bits per heavy atom. The van der Waals surface area contributed by atoms with E-state index in [2.05, 4.69) is 33.3 Å². The first-order valence-electron chi connectivity index (χ1n) is 5.21. The molecule has 0 saturated carbocycles. The van der Waals surface area contributed by atoms with Gasteiger partial charge in [0.25, 0.3) is 0 Å². The van der Waals surface area contributed by atoms with Gasteiger partial charge >= 0.3 is 6.36 Å². The number of hydrogen-bond donors (Lipinski definition) is 1. The van der Waals surface area contributed by atoms with Crippen LogP contribution in [0.5, 0.6) is 11.5 Å². The van der Waals surface area contributed by atoms with E-state index >= 15 is 0 Å². The number of halogens is 4. The van der Waals surface area contributed by atoms with Crippen molar-refractivity contribution in [3.8, 4) is 11.5 Å². The van der Waals surface area contributed by atoms with Gasteiger partial charge in [-0.15, -0.1) is 13.2 Å². The Morgan fingerprint density at radius 2 is 1.94 bits per heavy atom. The number of thiol groups is 1. The van der Waals surface area contributed by atoms with Gasteiger partial charge in [0.1, 0.15) is 11.5 Å². The SMILES string of the molecule is FC(F)(F)Oc1ccc(OCCCCS)cc1Br. The van der Waals surface area contributed by atoms with Crippen molar-refractivity contribution >= 4 is 28.6 Å². The molecule has 0 aromatic heterocycles. The predicted octanol–water partition coefficient (Wildman–Crippen LogP) is 4.44. The fourth-order valence-corrected chi connectivity index (χ4v) is 1.85. The number of unbranched alkanes of at least 4 members (excludes halogenated alkanes) is 1. The molecular weight excluding hydrogens is 333 g/mol. The summed E-state index contributed by atoms with van der Waals surface area (Å²) in [5.41, 5.74) is 0. The molecule has 1 rings (SSSR count). The zero-order chi connectivity index (χ0) is 13.6. The zero-order valence-corrected chi connectivity index (χ0v) is 11.8. The van der Waals surface area contributed by atoms with Crippen LogP contribution in [0.25, 0.3) is 0 Å². The molecule has 2 nitrogen and oxygen atoms in total. The average Bonchev–Trinajstić information content (AvgIpc) is 2.26. The second-order valence-corrected chi connectivity index (χ2v) is 4.72. The smallest absolute Gasteiger partial charge is 0.494 e. The summed E-state index contributed by atoms with van der Waals surface area (Å²) in [6.07, 6.45) is -2.92. The van der Waals surface area contributed by atoms with Crippen LogP contribution in [0.4, 0.5) is 13.2 Å². The molecule has 0 atom stereocenters. The molecule has 0 fully saturated rings. The minimum absolute atomic E-state index is 0.200. The van der Waals surface area contributed by atoms with E-state index in [9.17, 15) is 13.2 Å². The predicted molar refractivity (Wildman–Crippen MR) is 69.4 cm³/mol. The van der Waals surface area contributed by atoms with Crippen molar-refractivity contribution in [2.24, 2.45) is 0 Å². The fourth-order valence-electron chi connectivity index (χ4n) is 1.18. The Hall–Kier alpha value is -0.560. The van der Waals surface area contributed by atoms with Gasteiger partial charge in [-0.3, -0.25) is 0 Å². The number of ether oxygens (including phenoxy) is 2. The quantitative estimate of drug-likeness (QED) is 0.607. The third kappa shape index (κ3) is 5.86. The Labute approximate surface area is 117 Å². The van der Waals surface area contributed by atoms with Crippen molar-refractivity contribution in [1.29, 1.82) is 0 Å². The summed E-state index contributed by atoms with van der Waals surface area (Å²) in [7, 11) is 0. The molecule has 0 heterocycles. The lowest BCUT2D eigenvalue weighted by atomic mass is 10.3. The molecule has 0 aliphatic carbocycles. The van der Waals surface area contributed by atoms with E-state index in [0.29, 0.717) is 12.4 Å². The van der Waals surface area contributed by atoms with Crippen molar-refractivity contribution < 1.29 is 22.6 Å². The molecule has 0 unspecified atom stereocenters. The Morgan fingerprint density at radius 1 is 1.22 bits per heavy atom. The standard InChI is InChI=1S/C11H12BrF3O2S/c12-9-7-8(16-5-1-2-6-18)3-4-10(9)17-11(13,14)15/h3-4,7,18H,1-2,5-6H2. The highest BCUT2D eigenvalue weighted by Gasteiger charge is 2.31. The molecule has 7 heteroatoms. The number of rotatable bonds is 6. The Bertz CT molecular complexity index is 385. The Kier molecular flexibility index (Phi) is 6.14. The fraction of sp³-hybridized carbons (Fsp3) is 0.455. The van der Waals surface area contributed by atoms with Gasteiger partial charge in [-0.05, 0) is 52.7 Å². The maximum atomic E-state index is 12.0. The zero-order valence-electron chi connectivity index (χ0n) is 9.34. The first kappa shape index (κ1) is 15.5. The Balaban J connectivity index is 2.56. The average molecular weight is 345 g/mol. The maximum Gasteiger partial charge on any atom is 0.573 e. The van der Waals surface area contributed by atoms with Gasteiger partial charge < -0.3 is 9.47 Å². The summed E-state index contributed by atoms with van der Waals surface area (Å²) >= 11 is 7.07. The lowest BCUT2D eigenvalue weighted by molar-refractivity contribution is -0.274. The molecule has 0 aliphatic rings. The lowest BCUT2D eigenvalue weighted by Gasteiger charge is -2.12. The van der Waals surface area contributed by atoms with Crippen molar-refractivity contribution in [3.63, 3.8) is 0 Å². The first-order valence-corrected chi connectivity index (χ1v) is 6.64. The van der Waals surface area contributed by atoms with E-state index in [1.54, 1.807) is 0 Å². The molecule has 0 bridgehead atoms. The molecule has 0 radical (unpaired) electrons. The number of hydrogen-bond acceptors (Lipinski definition) is 3. The van der Waals surface area contributed by atoms with Crippen molar-refractivity contribution in [1.82, 2.24) is 0 Å². The van der Waals surface area contributed by atoms with Crippen molar-refractivity contribution in [2.45, 2.75) is 19.2 Å². The first-order chi connectivity index (χ1) is 8.42. The van der Waals surface area contributed by atoms with Crippen molar-refractivity contribution in [2.75, 3.05) is 12.4 Å². The molecule has 0 aliphatic heterocycles. The van der Waals surface area contributed by atoms with Gasteiger partial charge in [0.2, 0.25) is 0 Å². The normalized spacial score (nSPS) is 11.4. The molecule has 0 amide bonds. The monoisotopic (exact) mass is 344 g/mol. The van der Waals surface area contributed by atoms with Gasteiger partial charge in [0.05, 0.1) is 11.1 Å². The third-order valence-electron chi connectivity index (χ3n) is 1.95. The summed E-state index contributed by atoms with van der Waals surface area (Å²) in [6.45, 7) is 0.506. The number of alkyl halides is 3. The molecule has 102 valence electrons. The maximum absolute atomic E-state index is 12.0. The van der Waals surface area contributed by atoms with E-state index in [4.69, 9.17) is 4.74 Å². The van der Waals surface area contributed by atoms with Crippen molar-refractivity contribution in [3.05, 3.63) is 22.7 Å². The third-order valence-corrected chi connectivity index (χ3v) is 2.89. The van der Waals surface area contributed by atoms with E-state index in [0.717, 1.165) is 18.6 Å². The van der Waals surface area contributed by atoms with Crippen LogP contribution in [0.2, 0.25) is 0 Å². The minimum atomic E-state index is -4.70. The van der Waals surface area contributed by atoms with Crippen LogP contribution in [0.3, 0.4) is 0 Å². The highest BCUT2D eigenvalue weighted by molar-refractivity contribution is 9.10. The highest BCUT2D eigenvalue weighted by Crippen LogP contribution is 2.33. The summed E-state index contributed by atoms with van der Waals surface area (Å²) in [5.74, 6) is 0.992. The van der Waals surface area contributed by atoms with Gasteiger partial charge in [-0.1, -0.05) is 0 Å². The molecule has 0 spiro atoms. The minimum Gasteiger partial charge on any atom is -0.494 e. The topological polar surface area (TPSA) is 18.5 Å². The summed E-state index contributed by atoms with van der Waals surface area (Å²) in [4.78, 5) is 0. The van der Waals surface area contributed by atoms with Crippen LogP contribution in [0.1, 0.15) is 12.8 Å². The lowest BCUT2D eigenvalue weighted by Crippen LogP contribution is -2.17. The summed E-state index contributed by atoms with van der Waals surface area (Å²) in [5, 5.41) is 0. The van der Waals surface area contributed by atoms with Crippen LogP contribution in [0.15, 0.2) is 22.7 Å². The van der Waals surface area contributed by atoms with Gasteiger partial charge in [0.15, 0.2) is 0 Å². The van der Waals surface area contributed by atoms with E-state index in [1.165, 1.54) is 18.2 Å². The molecule has 0 saturated heterocycles. The van der Waals surface area contributed by atoms with E-state index < -0.39 is 6.36 Å². The van der Waals surface area contributed by atoms with Crippen LogP contribution in [-0.2, 0) is 0 Å². The molecule has 1 aromatic carbocycles. The van der Waals surface area contributed by atoms with Crippen LogP contribution in [0, 0.1) is 0 Å². The molecule has 0 N–H and O–H groups in total. The summed E-state index contributed by atoms with van der Waals surface area (Å²) in [6, 6.07) is 4.10. The molecule has 1 aromatic rings. The van der Waals surface area contributed by atoms with Gasteiger partial charge in [-0.2, -0.15) is 12.6 Å². The van der Waals surface area contributed by atoms with E-state index in [-0.39, 0.29) is 10.2 Å². The van der Waals surface area contributed by atoms with Crippen LogP contribution >= 0.6 is 28.6 Å². The second-order valence-electron chi connectivity index (χ2n) is 3.42. The largest absolute Gasteiger partial charge is 0.573 e. The summed E-state index contributed by atoms with van der Waals surface area (Å²) < 4.78 is 45.5.